The molecule has 1 aromatic rings. The predicted molar refractivity (Wildman–Crippen MR) is 61.1 cm³/mol. The third-order valence-electron chi connectivity index (χ3n) is 1.93. The summed E-state index contributed by atoms with van der Waals surface area (Å²) in [5.41, 5.74) is 2.00. The molecule has 0 radical (unpaired) electrons. The molecule has 0 aliphatic carbocycles. The number of hydrogen-bond acceptors (Lipinski definition) is 3. The summed E-state index contributed by atoms with van der Waals surface area (Å²) in [6.07, 6.45) is 0. The molecular weight excluding hydrogens is 260 g/mol. The zero-order valence-corrected chi connectivity index (χ0v) is 10.3. The molecular formula is C11H13BrO3. The molecule has 0 aliphatic heterocycles. The van der Waals surface area contributed by atoms with Crippen molar-refractivity contribution in [3.8, 4) is 5.75 Å². The van der Waals surface area contributed by atoms with Crippen molar-refractivity contribution in [2.75, 3.05) is 7.11 Å². The maximum atomic E-state index is 10.6. The minimum atomic E-state index is -0.272. The van der Waals surface area contributed by atoms with Crippen LogP contribution in [0.4, 0.5) is 0 Å². The number of carbonyl (C=O) groups is 1. The first-order chi connectivity index (χ1) is 7.17. The summed E-state index contributed by atoms with van der Waals surface area (Å²) >= 11 is 3.38. The number of carbonyl (C=O) groups excluding carboxylic acids is 1. The van der Waals surface area contributed by atoms with Crippen LogP contribution in [0.1, 0.15) is 18.1 Å². The first-order valence-corrected chi connectivity index (χ1v) is 5.64. The smallest absolute Gasteiger partial charge is 0.302 e. The predicted octanol–water partition coefficient (Wildman–Crippen LogP) is 2.65. The summed E-state index contributed by atoms with van der Waals surface area (Å²) in [5.74, 6) is 0.560. The van der Waals surface area contributed by atoms with E-state index in [4.69, 9.17) is 9.47 Å². The van der Waals surface area contributed by atoms with Gasteiger partial charge in [-0.15, -0.1) is 0 Å². The van der Waals surface area contributed by atoms with E-state index in [-0.39, 0.29) is 5.97 Å². The van der Waals surface area contributed by atoms with E-state index in [1.54, 1.807) is 7.11 Å². The molecule has 0 spiro atoms. The van der Waals surface area contributed by atoms with Crippen LogP contribution in [0.3, 0.4) is 0 Å². The van der Waals surface area contributed by atoms with Crippen LogP contribution in [0.5, 0.6) is 5.75 Å². The van der Waals surface area contributed by atoms with Gasteiger partial charge in [0.1, 0.15) is 12.4 Å². The van der Waals surface area contributed by atoms with Gasteiger partial charge in [-0.3, -0.25) is 4.79 Å². The van der Waals surface area contributed by atoms with Crippen LogP contribution >= 0.6 is 15.9 Å². The fraction of sp³-hybridized carbons (Fsp3) is 0.364. The minimum Gasteiger partial charge on any atom is -0.496 e. The second-order valence-corrected chi connectivity index (χ2v) is 3.62. The molecule has 0 N–H and O–H groups in total. The summed E-state index contributed by atoms with van der Waals surface area (Å²) < 4.78 is 10.1. The van der Waals surface area contributed by atoms with Gasteiger partial charge in [0.15, 0.2) is 0 Å². The van der Waals surface area contributed by atoms with Crippen molar-refractivity contribution in [1.29, 1.82) is 0 Å². The molecule has 0 fully saturated rings. The molecule has 82 valence electrons. The van der Waals surface area contributed by atoms with E-state index in [9.17, 15) is 4.79 Å². The fourth-order valence-electron chi connectivity index (χ4n) is 1.21. The molecule has 4 heteroatoms. The molecule has 1 aromatic carbocycles. The van der Waals surface area contributed by atoms with E-state index >= 15 is 0 Å². The molecule has 0 saturated heterocycles. The molecule has 0 saturated carbocycles. The highest BCUT2D eigenvalue weighted by atomic mass is 79.9. The average molecular weight is 273 g/mol. The third-order valence-corrected chi connectivity index (χ3v) is 2.53. The van der Waals surface area contributed by atoms with Gasteiger partial charge in [-0.1, -0.05) is 22.0 Å². The number of benzene rings is 1. The molecule has 0 unspecified atom stereocenters. The van der Waals surface area contributed by atoms with Crippen molar-refractivity contribution in [3.63, 3.8) is 0 Å². The Morgan fingerprint density at radius 1 is 1.47 bits per heavy atom. The van der Waals surface area contributed by atoms with Crippen molar-refractivity contribution in [2.45, 2.75) is 18.9 Å². The third kappa shape index (κ3) is 3.55. The summed E-state index contributed by atoms with van der Waals surface area (Å²) in [5, 5.41) is 0.712. The average Bonchev–Trinajstić information content (AvgIpc) is 2.25. The maximum Gasteiger partial charge on any atom is 0.302 e. The molecule has 0 heterocycles. The van der Waals surface area contributed by atoms with E-state index in [0.29, 0.717) is 11.9 Å². The van der Waals surface area contributed by atoms with Gasteiger partial charge in [0.25, 0.3) is 0 Å². The zero-order valence-electron chi connectivity index (χ0n) is 8.75. The van der Waals surface area contributed by atoms with Crippen molar-refractivity contribution >= 4 is 21.9 Å². The van der Waals surface area contributed by atoms with Crippen LogP contribution in [0, 0.1) is 0 Å². The number of ether oxygens (including phenoxy) is 2. The van der Waals surface area contributed by atoms with E-state index in [0.717, 1.165) is 16.9 Å². The summed E-state index contributed by atoms with van der Waals surface area (Å²) in [6.45, 7) is 1.70. The van der Waals surface area contributed by atoms with Gasteiger partial charge in [-0.25, -0.2) is 0 Å². The van der Waals surface area contributed by atoms with Gasteiger partial charge in [-0.2, -0.15) is 0 Å². The lowest BCUT2D eigenvalue weighted by Gasteiger charge is -2.08. The number of rotatable bonds is 4. The minimum absolute atomic E-state index is 0.272. The van der Waals surface area contributed by atoms with E-state index in [2.05, 4.69) is 15.9 Å². The second-order valence-electron chi connectivity index (χ2n) is 3.06. The molecule has 0 amide bonds. The highest BCUT2D eigenvalue weighted by molar-refractivity contribution is 9.08. The van der Waals surface area contributed by atoms with E-state index < -0.39 is 0 Å². The molecule has 1 rings (SSSR count). The highest BCUT2D eigenvalue weighted by Gasteiger charge is 2.04. The molecule has 0 bridgehead atoms. The molecule has 0 aliphatic rings. The van der Waals surface area contributed by atoms with Crippen LogP contribution in [0.25, 0.3) is 0 Å². The van der Waals surface area contributed by atoms with Gasteiger partial charge in [0.2, 0.25) is 0 Å². The molecule has 15 heavy (non-hydrogen) atoms. The largest absolute Gasteiger partial charge is 0.496 e. The first-order valence-electron chi connectivity index (χ1n) is 4.52. The standard InChI is InChI=1S/C11H13BrO3/c1-8(13)15-7-9-3-4-11(14-2)10(5-9)6-12/h3-5H,6-7H2,1-2H3. The Balaban J connectivity index is 2.78. The Labute approximate surface area is 97.5 Å². The number of hydrogen-bond donors (Lipinski definition) is 0. The Hall–Kier alpha value is -1.03. The lowest BCUT2D eigenvalue weighted by molar-refractivity contribution is -0.142. The number of halogens is 1. The zero-order chi connectivity index (χ0) is 11.3. The van der Waals surface area contributed by atoms with Crippen molar-refractivity contribution < 1.29 is 14.3 Å². The van der Waals surface area contributed by atoms with Crippen LogP contribution in [0.2, 0.25) is 0 Å². The number of alkyl halides is 1. The van der Waals surface area contributed by atoms with Crippen LogP contribution < -0.4 is 4.74 Å². The summed E-state index contributed by atoms with van der Waals surface area (Å²) in [4.78, 5) is 10.6. The molecule has 0 atom stereocenters. The Bertz CT molecular complexity index is 350. The summed E-state index contributed by atoms with van der Waals surface area (Å²) in [6, 6.07) is 5.71. The van der Waals surface area contributed by atoms with Gasteiger partial charge in [0, 0.05) is 17.8 Å². The molecule has 3 nitrogen and oxygen atoms in total. The van der Waals surface area contributed by atoms with Gasteiger partial charge in [0.05, 0.1) is 7.11 Å². The van der Waals surface area contributed by atoms with Gasteiger partial charge < -0.3 is 9.47 Å². The molecule has 0 aromatic heterocycles. The number of methoxy groups -OCH3 is 1. The highest BCUT2D eigenvalue weighted by Crippen LogP contribution is 2.22. The second kappa shape index (κ2) is 5.75. The monoisotopic (exact) mass is 272 g/mol. The van der Waals surface area contributed by atoms with Crippen molar-refractivity contribution in [2.24, 2.45) is 0 Å². The van der Waals surface area contributed by atoms with E-state index in [1.807, 2.05) is 18.2 Å². The fourth-order valence-corrected chi connectivity index (χ4v) is 1.65. The number of esters is 1. The van der Waals surface area contributed by atoms with Crippen molar-refractivity contribution in [3.05, 3.63) is 29.3 Å². The van der Waals surface area contributed by atoms with Gasteiger partial charge in [-0.05, 0) is 17.7 Å². The Morgan fingerprint density at radius 2 is 2.20 bits per heavy atom. The van der Waals surface area contributed by atoms with Crippen LogP contribution in [0.15, 0.2) is 18.2 Å². The van der Waals surface area contributed by atoms with Crippen LogP contribution in [-0.4, -0.2) is 13.1 Å². The van der Waals surface area contributed by atoms with Gasteiger partial charge >= 0.3 is 5.97 Å². The quantitative estimate of drug-likeness (QED) is 0.625. The lowest BCUT2D eigenvalue weighted by atomic mass is 10.1. The normalized spacial score (nSPS) is 9.80. The van der Waals surface area contributed by atoms with Crippen LogP contribution in [-0.2, 0) is 21.5 Å². The Morgan fingerprint density at radius 3 is 2.73 bits per heavy atom. The topological polar surface area (TPSA) is 35.5 Å². The van der Waals surface area contributed by atoms with E-state index in [1.165, 1.54) is 6.92 Å². The summed E-state index contributed by atoms with van der Waals surface area (Å²) in [7, 11) is 1.63. The first kappa shape index (κ1) is 12.0. The lowest BCUT2D eigenvalue weighted by Crippen LogP contribution is -1.99. The Kier molecular flexibility index (Phi) is 4.62. The SMILES string of the molecule is COc1ccc(COC(C)=O)cc1CBr. The van der Waals surface area contributed by atoms with Crippen molar-refractivity contribution in [1.82, 2.24) is 0 Å². The maximum absolute atomic E-state index is 10.6.